The van der Waals surface area contributed by atoms with Crippen LogP contribution in [0.15, 0.2) is 30.5 Å². The summed E-state index contributed by atoms with van der Waals surface area (Å²) in [6, 6.07) is 9.64. The molecule has 2 aromatic rings. The van der Waals surface area contributed by atoms with Crippen LogP contribution in [0.3, 0.4) is 0 Å². The van der Waals surface area contributed by atoms with Gasteiger partial charge in [0.05, 0.1) is 29.5 Å². The van der Waals surface area contributed by atoms with Crippen molar-refractivity contribution in [3.05, 3.63) is 46.7 Å². The normalized spacial score (nSPS) is 15.6. The zero-order chi connectivity index (χ0) is 19.4. The molecule has 2 heterocycles. The zero-order valence-corrected chi connectivity index (χ0v) is 16.5. The van der Waals surface area contributed by atoms with Gasteiger partial charge in [-0.05, 0) is 30.4 Å². The number of rotatable bonds is 4. The third-order valence-electron chi connectivity index (χ3n) is 4.69. The maximum absolute atomic E-state index is 12.6. The Hall–Kier alpha value is -2.52. The first-order valence-corrected chi connectivity index (χ1v) is 9.49. The summed E-state index contributed by atoms with van der Waals surface area (Å²) in [7, 11) is 0. The van der Waals surface area contributed by atoms with Crippen molar-refractivity contribution in [2.45, 2.75) is 39.7 Å². The van der Waals surface area contributed by atoms with Crippen molar-refractivity contribution in [1.82, 2.24) is 20.0 Å². The van der Waals surface area contributed by atoms with Crippen LogP contribution >= 0.6 is 11.6 Å². The van der Waals surface area contributed by atoms with Crippen molar-refractivity contribution in [2.75, 3.05) is 13.1 Å². The Kier molecular flexibility index (Phi) is 5.71. The van der Waals surface area contributed by atoms with E-state index in [2.05, 4.69) is 30.3 Å². The largest absolute Gasteiger partial charge is 0.338 e. The van der Waals surface area contributed by atoms with Crippen molar-refractivity contribution in [3.63, 3.8) is 0 Å². The van der Waals surface area contributed by atoms with E-state index in [0.717, 1.165) is 23.4 Å². The number of hydrogen-bond acceptors (Lipinski definition) is 3. The fraction of sp³-hybridized carbons (Fsp3) is 0.450. The lowest BCUT2D eigenvalue weighted by molar-refractivity contribution is 0.168. The van der Waals surface area contributed by atoms with Crippen LogP contribution in [-0.2, 0) is 13.0 Å². The lowest BCUT2D eigenvalue weighted by Crippen LogP contribution is -2.43. The van der Waals surface area contributed by atoms with Gasteiger partial charge < -0.3 is 10.2 Å². The number of carbonyl (C=O) groups excluding carboxylic acids is 1. The monoisotopic (exact) mass is 385 g/mol. The lowest BCUT2D eigenvalue weighted by atomic mass is 9.87. The number of nitriles is 1. The summed E-state index contributed by atoms with van der Waals surface area (Å²) in [5.74, 6) is 0. The number of carbonyl (C=O) groups is 1. The van der Waals surface area contributed by atoms with E-state index in [1.807, 2.05) is 40.0 Å². The van der Waals surface area contributed by atoms with Crippen molar-refractivity contribution in [2.24, 2.45) is 5.41 Å². The molecule has 1 aromatic heterocycles. The summed E-state index contributed by atoms with van der Waals surface area (Å²) in [6.07, 6.45) is 3.73. The number of urea groups is 1. The molecule has 7 heteroatoms. The van der Waals surface area contributed by atoms with E-state index in [4.69, 9.17) is 16.9 Å². The summed E-state index contributed by atoms with van der Waals surface area (Å²) < 4.78 is 1.90. The summed E-state index contributed by atoms with van der Waals surface area (Å²) >= 11 is 6.37. The first kappa shape index (κ1) is 19.2. The molecule has 0 aliphatic carbocycles. The van der Waals surface area contributed by atoms with E-state index in [1.54, 1.807) is 0 Å². The van der Waals surface area contributed by atoms with Crippen molar-refractivity contribution < 1.29 is 4.79 Å². The van der Waals surface area contributed by atoms with Gasteiger partial charge in [0.2, 0.25) is 0 Å². The third kappa shape index (κ3) is 4.42. The third-order valence-corrected chi connectivity index (χ3v) is 5.01. The molecule has 1 aliphatic rings. The quantitative estimate of drug-likeness (QED) is 0.810. The number of amides is 2. The Labute approximate surface area is 164 Å². The molecule has 0 radical (unpaired) electrons. The smallest absolute Gasteiger partial charge is 0.317 e. The van der Waals surface area contributed by atoms with Gasteiger partial charge in [0.1, 0.15) is 0 Å². The van der Waals surface area contributed by atoms with Gasteiger partial charge in [-0.1, -0.05) is 37.6 Å². The van der Waals surface area contributed by atoms with Gasteiger partial charge in [-0.3, -0.25) is 0 Å². The number of benzene rings is 1. The number of hydrogen-bond donors (Lipinski definition) is 1. The molecule has 0 saturated heterocycles. The van der Waals surface area contributed by atoms with Gasteiger partial charge in [0.25, 0.3) is 0 Å². The van der Waals surface area contributed by atoms with Crippen LogP contribution in [0.4, 0.5) is 4.79 Å². The predicted octanol–water partition coefficient (Wildman–Crippen LogP) is 3.92. The van der Waals surface area contributed by atoms with E-state index < -0.39 is 0 Å². The topological polar surface area (TPSA) is 74.0 Å². The molecule has 0 fully saturated rings. The Balaban J connectivity index is 1.85. The molecule has 6 nitrogen and oxygen atoms in total. The first-order valence-electron chi connectivity index (χ1n) is 9.12. The van der Waals surface area contributed by atoms with Gasteiger partial charge in [-0.15, -0.1) is 0 Å². The van der Waals surface area contributed by atoms with Crippen molar-refractivity contribution >= 4 is 17.6 Å². The summed E-state index contributed by atoms with van der Waals surface area (Å²) in [6.45, 7) is 5.97. The number of nitrogens with zero attached hydrogens (tertiary/aromatic N) is 4. The van der Waals surface area contributed by atoms with Gasteiger partial charge >= 0.3 is 6.03 Å². The van der Waals surface area contributed by atoms with Crippen LogP contribution in [0.1, 0.15) is 37.9 Å². The molecule has 3 rings (SSSR count). The number of unbranched alkanes of at least 4 members (excludes halogenated alkanes) is 1. The van der Waals surface area contributed by atoms with Gasteiger partial charge in [-0.25, -0.2) is 9.48 Å². The highest BCUT2D eigenvalue weighted by atomic mass is 35.5. The molecule has 27 heavy (non-hydrogen) atoms. The minimum Gasteiger partial charge on any atom is -0.338 e. The fourth-order valence-corrected chi connectivity index (χ4v) is 3.68. The van der Waals surface area contributed by atoms with Gasteiger partial charge in [-0.2, -0.15) is 10.4 Å². The summed E-state index contributed by atoms with van der Waals surface area (Å²) in [5.41, 5.74) is 2.88. The van der Waals surface area contributed by atoms with Crippen molar-refractivity contribution in [1.29, 1.82) is 5.26 Å². The van der Waals surface area contributed by atoms with E-state index in [1.165, 1.54) is 0 Å². The molecule has 0 unspecified atom stereocenters. The summed E-state index contributed by atoms with van der Waals surface area (Å²) in [5, 5.41) is 16.7. The predicted molar refractivity (Wildman–Crippen MR) is 105 cm³/mol. The Morgan fingerprint density at radius 3 is 2.93 bits per heavy atom. The maximum Gasteiger partial charge on any atom is 0.317 e. The highest BCUT2D eigenvalue weighted by Gasteiger charge is 2.32. The first-order chi connectivity index (χ1) is 12.9. The minimum atomic E-state index is -0.103. The molecular formula is C20H24ClN5O. The van der Waals surface area contributed by atoms with E-state index in [-0.39, 0.29) is 11.4 Å². The number of aromatic nitrogens is 2. The minimum absolute atomic E-state index is 0.0978. The van der Waals surface area contributed by atoms with Crippen LogP contribution in [0, 0.1) is 16.7 Å². The Morgan fingerprint density at radius 2 is 2.19 bits per heavy atom. The average Bonchev–Trinajstić information content (AvgIpc) is 2.93. The van der Waals surface area contributed by atoms with E-state index in [0.29, 0.717) is 37.5 Å². The van der Waals surface area contributed by atoms with Crippen LogP contribution in [0.2, 0.25) is 5.02 Å². The molecule has 0 saturated carbocycles. The second-order valence-corrected chi connectivity index (χ2v) is 8.08. The van der Waals surface area contributed by atoms with Gasteiger partial charge in [0, 0.05) is 30.8 Å². The fourth-order valence-electron chi connectivity index (χ4n) is 3.46. The van der Waals surface area contributed by atoms with Crippen molar-refractivity contribution in [3.8, 4) is 11.8 Å². The number of para-hydroxylation sites is 1. The molecule has 2 amide bonds. The standard InChI is InChI=1S/C20H24ClN5O/c1-20(2)11-18-15(12-24-26(18)17-8-4-3-7-16(17)21)13-25(14-20)19(27)23-10-6-5-9-22/h3-4,7-8,12H,5-6,10-11,13-14H2,1-2H3,(H,23,27). The number of fused-ring (bicyclic) bond motifs is 1. The average molecular weight is 386 g/mol. The van der Waals surface area contributed by atoms with Crippen LogP contribution < -0.4 is 5.32 Å². The second-order valence-electron chi connectivity index (χ2n) is 7.67. The number of halogens is 1. The molecular weight excluding hydrogens is 362 g/mol. The molecule has 0 spiro atoms. The van der Waals surface area contributed by atoms with Crippen LogP contribution in [0.25, 0.3) is 5.69 Å². The second kappa shape index (κ2) is 8.01. The SMILES string of the molecule is CC1(C)Cc2c(cnn2-c2ccccc2Cl)CN(C(=O)NCCCC#N)C1. The van der Waals surface area contributed by atoms with Crippen LogP contribution in [-0.4, -0.2) is 33.8 Å². The van der Waals surface area contributed by atoms with E-state index >= 15 is 0 Å². The van der Waals surface area contributed by atoms with E-state index in [9.17, 15) is 4.79 Å². The lowest BCUT2D eigenvalue weighted by Gasteiger charge is -2.30. The molecule has 0 atom stereocenters. The Bertz CT molecular complexity index is 867. The highest BCUT2D eigenvalue weighted by Crippen LogP contribution is 2.32. The van der Waals surface area contributed by atoms with Crippen LogP contribution in [0.5, 0.6) is 0 Å². The Morgan fingerprint density at radius 1 is 1.41 bits per heavy atom. The molecule has 142 valence electrons. The summed E-state index contributed by atoms with van der Waals surface area (Å²) in [4.78, 5) is 14.5. The molecule has 0 bridgehead atoms. The molecule has 1 aromatic carbocycles. The van der Waals surface area contributed by atoms with Gasteiger partial charge in [0.15, 0.2) is 0 Å². The highest BCUT2D eigenvalue weighted by molar-refractivity contribution is 6.32. The number of nitrogens with one attached hydrogen (secondary N) is 1. The molecule has 1 aliphatic heterocycles. The maximum atomic E-state index is 12.6. The zero-order valence-electron chi connectivity index (χ0n) is 15.7. The molecule has 1 N–H and O–H groups in total.